The Hall–Kier alpha value is -1.53. The molecule has 7 nitrogen and oxygen atoms in total. The van der Waals surface area contributed by atoms with Crippen molar-refractivity contribution in [2.24, 2.45) is 0 Å². The molecule has 8 heteroatoms. The summed E-state index contributed by atoms with van der Waals surface area (Å²) in [6.07, 6.45) is 7.03. The van der Waals surface area contributed by atoms with E-state index in [1.807, 2.05) is 12.1 Å². The average Bonchev–Trinajstić information content (AvgIpc) is 2.71. The van der Waals surface area contributed by atoms with Crippen LogP contribution in [0, 0.1) is 12.3 Å². The molecule has 0 fully saturated rings. The highest BCUT2D eigenvalue weighted by Crippen LogP contribution is 2.22. The Labute approximate surface area is 179 Å². The number of rotatable bonds is 19. The highest BCUT2D eigenvalue weighted by Gasteiger charge is 1.99. The first kappa shape index (κ1) is 25.5. The molecule has 3 N–H and O–H groups in total. The lowest BCUT2D eigenvalue weighted by molar-refractivity contribution is -0.00930. The molecule has 164 valence electrons. The molecular weight excluding hydrogens is 396 g/mol. The minimum atomic E-state index is 0.317. The van der Waals surface area contributed by atoms with Gasteiger partial charge in [0.05, 0.1) is 64.2 Å². The molecule has 0 aliphatic carbocycles. The Balaban J connectivity index is 1.75. The van der Waals surface area contributed by atoms with E-state index in [0.717, 1.165) is 25.1 Å². The van der Waals surface area contributed by atoms with Crippen LogP contribution in [0.1, 0.15) is 12.8 Å². The number of hydrogen-bond donors (Lipinski definition) is 2. The van der Waals surface area contributed by atoms with Gasteiger partial charge in [0.25, 0.3) is 0 Å². The number of nitrogens with one attached hydrogen (secondary N) is 1. The fraction of sp³-hybridized carbons (Fsp3) is 0.619. The Morgan fingerprint density at radius 2 is 1.38 bits per heavy atom. The molecule has 0 aromatic heterocycles. The summed E-state index contributed by atoms with van der Waals surface area (Å²) < 4.78 is 26.8. The number of ether oxygens (including phenoxy) is 5. The van der Waals surface area contributed by atoms with E-state index >= 15 is 0 Å². The normalized spacial score (nSPS) is 10.8. The lowest BCUT2D eigenvalue weighted by Gasteiger charge is -2.10. The maximum Gasteiger partial charge on any atom is 0.107 e. The Kier molecular flexibility index (Phi) is 16.3. The summed E-state index contributed by atoms with van der Waals surface area (Å²) in [7, 11) is 0. The van der Waals surface area contributed by atoms with E-state index in [2.05, 4.69) is 11.2 Å². The van der Waals surface area contributed by atoms with Crippen LogP contribution in [0.5, 0.6) is 0 Å². The third-order valence-electron chi connectivity index (χ3n) is 3.72. The first-order valence-electron chi connectivity index (χ1n) is 9.85. The molecule has 29 heavy (non-hydrogen) atoms. The Morgan fingerprint density at radius 1 is 0.828 bits per heavy atom. The van der Waals surface area contributed by atoms with Gasteiger partial charge in [0, 0.05) is 18.2 Å². The summed E-state index contributed by atoms with van der Waals surface area (Å²) in [5.74, 6) is 2.40. The van der Waals surface area contributed by atoms with Crippen molar-refractivity contribution in [3.8, 4) is 12.3 Å². The molecule has 0 amide bonds. The van der Waals surface area contributed by atoms with Gasteiger partial charge in [-0.2, -0.15) is 0 Å². The standard InChI is InChI=1S/C21H33ClN2O5/c1-2-8-25-10-12-27-14-16-29-17-15-28-13-11-26-9-4-3-7-24-21-6-5-19(22)18-20(21)23/h1,5-6,18,24H,3-4,7-17,23H2. The quantitative estimate of drug-likeness (QED) is 0.199. The number of hydrogen-bond acceptors (Lipinski definition) is 7. The summed E-state index contributed by atoms with van der Waals surface area (Å²) in [5.41, 5.74) is 7.46. The molecule has 0 atom stereocenters. The van der Waals surface area contributed by atoms with E-state index in [9.17, 15) is 0 Å². The molecule has 0 saturated carbocycles. The first-order chi connectivity index (χ1) is 14.2. The monoisotopic (exact) mass is 428 g/mol. The molecule has 1 rings (SSSR count). The van der Waals surface area contributed by atoms with E-state index in [4.69, 9.17) is 47.4 Å². The van der Waals surface area contributed by atoms with Crippen LogP contribution in [0.25, 0.3) is 0 Å². The Bertz CT molecular complexity index is 568. The maximum atomic E-state index is 5.89. The molecule has 0 saturated heterocycles. The second-order valence-corrected chi connectivity index (χ2v) is 6.51. The van der Waals surface area contributed by atoms with Gasteiger partial charge in [0.1, 0.15) is 6.61 Å². The number of nitrogens with two attached hydrogens (primary N) is 1. The van der Waals surface area contributed by atoms with E-state index in [-0.39, 0.29) is 0 Å². The first-order valence-corrected chi connectivity index (χ1v) is 10.2. The van der Waals surface area contributed by atoms with Crippen LogP contribution >= 0.6 is 11.6 Å². The smallest absolute Gasteiger partial charge is 0.107 e. The van der Waals surface area contributed by atoms with Crippen LogP contribution in [-0.4, -0.2) is 72.6 Å². The van der Waals surface area contributed by atoms with Gasteiger partial charge in [-0.3, -0.25) is 0 Å². The highest BCUT2D eigenvalue weighted by molar-refractivity contribution is 6.31. The summed E-state index contributed by atoms with van der Waals surface area (Å²) in [6.45, 7) is 6.17. The Morgan fingerprint density at radius 3 is 1.93 bits per heavy atom. The number of nitrogen functional groups attached to an aromatic ring is 1. The molecule has 1 aromatic rings. The van der Waals surface area contributed by atoms with Crippen molar-refractivity contribution in [1.29, 1.82) is 0 Å². The molecule has 0 radical (unpaired) electrons. The molecule has 0 spiro atoms. The van der Waals surface area contributed by atoms with Gasteiger partial charge in [-0.25, -0.2) is 0 Å². The molecule has 0 unspecified atom stereocenters. The number of unbranched alkanes of at least 4 members (excludes halogenated alkanes) is 1. The molecule has 0 aliphatic rings. The second kappa shape index (κ2) is 18.5. The van der Waals surface area contributed by atoms with Crippen molar-refractivity contribution < 1.29 is 23.7 Å². The fourth-order valence-electron chi connectivity index (χ4n) is 2.26. The van der Waals surface area contributed by atoms with E-state index in [0.29, 0.717) is 76.8 Å². The van der Waals surface area contributed by atoms with E-state index in [1.54, 1.807) is 6.07 Å². The lowest BCUT2D eigenvalue weighted by Crippen LogP contribution is -2.13. The summed E-state index contributed by atoms with van der Waals surface area (Å²) in [6, 6.07) is 5.45. The van der Waals surface area contributed by atoms with Gasteiger partial charge >= 0.3 is 0 Å². The van der Waals surface area contributed by atoms with Crippen LogP contribution < -0.4 is 11.1 Å². The third-order valence-corrected chi connectivity index (χ3v) is 3.95. The predicted octanol–water partition coefficient (Wildman–Crippen LogP) is 2.83. The third kappa shape index (κ3) is 15.0. The lowest BCUT2D eigenvalue weighted by atomic mass is 10.2. The van der Waals surface area contributed by atoms with Gasteiger partial charge in [-0.1, -0.05) is 17.5 Å². The molecular formula is C21H33ClN2O5. The van der Waals surface area contributed by atoms with Gasteiger partial charge in [-0.05, 0) is 31.0 Å². The van der Waals surface area contributed by atoms with Crippen molar-refractivity contribution in [3.05, 3.63) is 23.2 Å². The fourth-order valence-corrected chi connectivity index (χ4v) is 2.44. The highest BCUT2D eigenvalue weighted by atomic mass is 35.5. The second-order valence-electron chi connectivity index (χ2n) is 6.07. The van der Waals surface area contributed by atoms with Crippen LogP contribution in [0.3, 0.4) is 0 Å². The SMILES string of the molecule is C#CCOCCOCCOCCOCCOCCCCNc1ccc(Cl)cc1N. The zero-order valence-electron chi connectivity index (χ0n) is 17.0. The molecule has 0 aliphatic heterocycles. The topological polar surface area (TPSA) is 84.2 Å². The van der Waals surface area contributed by atoms with Gasteiger partial charge < -0.3 is 34.7 Å². The minimum absolute atomic E-state index is 0.317. The molecule has 0 heterocycles. The van der Waals surface area contributed by atoms with Gasteiger partial charge in [0.2, 0.25) is 0 Å². The van der Waals surface area contributed by atoms with Crippen molar-refractivity contribution in [3.63, 3.8) is 0 Å². The zero-order chi connectivity index (χ0) is 21.0. The predicted molar refractivity (Wildman–Crippen MR) is 117 cm³/mol. The van der Waals surface area contributed by atoms with Crippen LogP contribution in [-0.2, 0) is 23.7 Å². The van der Waals surface area contributed by atoms with Crippen molar-refractivity contribution in [2.75, 3.05) is 83.7 Å². The molecule has 1 aromatic carbocycles. The van der Waals surface area contributed by atoms with E-state index in [1.165, 1.54) is 0 Å². The minimum Gasteiger partial charge on any atom is -0.397 e. The largest absolute Gasteiger partial charge is 0.397 e. The number of benzene rings is 1. The number of halogens is 1. The average molecular weight is 429 g/mol. The van der Waals surface area contributed by atoms with Gasteiger partial charge in [-0.15, -0.1) is 6.42 Å². The summed E-state index contributed by atoms with van der Waals surface area (Å²) in [5, 5.41) is 3.94. The summed E-state index contributed by atoms with van der Waals surface area (Å²) >= 11 is 5.88. The van der Waals surface area contributed by atoms with Crippen LogP contribution in [0.2, 0.25) is 5.02 Å². The van der Waals surface area contributed by atoms with Crippen LogP contribution in [0.4, 0.5) is 11.4 Å². The van der Waals surface area contributed by atoms with E-state index < -0.39 is 0 Å². The van der Waals surface area contributed by atoms with Crippen molar-refractivity contribution in [1.82, 2.24) is 0 Å². The van der Waals surface area contributed by atoms with Crippen molar-refractivity contribution in [2.45, 2.75) is 12.8 Å². The maximum absolute atomic E-state index is 5.89. The number of terminal acetylenes is 1. The van der Waals surface area contributed by atoms with Gasteiger partial charge in [0.15, 0.2) is 0 Å². The van der Waals surface area contributed by atoms with Crippen LogP contribution in [0.15, 0.2) is 18.2 Å². The molecule has 0 bridgehead atoms. The zero-order valence-corrected chi connectivity index (χ0v) is 17.8. The summed E-state index contributed by atoms with van der Waals surface area (Å²) in [4.78, 5) is 0. The van der Waals surface area contributed by atoms with Crippen molar-refractivity contribution >= 4 is 23.0 Å². The number of anilines is 2.